The first-order valence-corrected chi connectivity index (χ1v) is 7.08. The van der Waals surface area contributed by atoms with Gasteiger partial charge in [0.05, 0.1) is 13.1 Å². The van der Waals surface area contributed by atoms with E-state index in [4.69, 9.17) is 5.73 Å². The molecule has 1 saturated carbocycles. The molecule has 16 heavy (non-hydrogen) atoms. The topological polar surface area (TPSA) is 63.8 Å². The largest absolute Gasteiger partial charge is 0.368 e. The Morgan fingerprint density at radius 2 is 2.31 bits per heavy atom. The first kappa shape index (κ1) is 10.5. The minimum Gasteiger partial charge on any atom is -0.368 e. The zero-order chi connectivity index (χ0) is 11.1. The van der Waals surface area contributed by atoms with Crippen LogP contribution >= 0.6 is 33.9 Å². The molecule has 0 unspecified atom stereocenters. The first-order chi connectivity index (χ1) is 7.72. The summed E-state index contributed by atoms with van der Waals surface area (Å²) in [5, 5.41) is 3.38. The van der Waals surface area contributed by atoms with Gasteiger partial charge in [0.1, 0.15) is 5.82 Å². The van der Waals surface area contributed by atoms with Crippen LogP contribution < -0.4 is 11.1 Å². The number of nitrogens with one attached hydrogen (secondary N) is 1. The van der Waals surface area contributed by atoms with Crippen LogP contribution in [0.1, 0.15) is 12.8 Å². The molecule has 0 saturated heterocycles. The summed E-state index contributed by atoms with van der Waals surface area (Å²) in [7, 11) is 0. The molecular formula is C10H11IN4S. The van der Waals surface area contributed by atoms with Crippen molar-refractivity contribution in [2.75, 3.05) is 17.6 Å². The van der Waals surface area contributed by atoms with Crippen molar-refractivity contribution in [3.8, 4) is 0 Å². The van der Waals surface area contributed by atoms with Crippen LogP contribution in [0.5, 0.6) is 0 Å². The average Bonchev–Trinajstić information content (AvgIpc) is 2.97. The van der Waals surface area contributed by atoms with Crippen molar-refractivity contribution < 1.29 is 0 Å². The number of aromatic nitrogens is 2. The van der Waals surface area contributed by atoms with E-state index in [0.717, 1.165) is 28.5 Å². The summed E-state index contributed by atoms with van der Waals surface area (Å²) in [5.41, 5.74) is 6.64. The Labute approximate surface area is 111 Å². The second kappa shape index (κ2) is 3.99. The highest BCUT2D eigenvalue weighted by molar-refractivity contribution is 14.1. The lowest BCUT2D eigenvalue weighted by atomic mass is 10.4. The van der Waals surface area contributed by atoms with Crippen LogP contribution in [0.3, 0.4) is 0 Å². The van der Waals surface area contributed by atoms with E-state index in [1.807, 2.05) is 6.07 Å². The highest BCUT2D eigenvalue weighted by Gasteiger charge is 2.21. The number of rotatable bonds is 3. The van der Waals surface area contributed by atoms with Gasteiger partial charge >= 0.3 is 0 Å². The quantitative estimate of drug-likeness (QED) is 0.839. The third kappa shape index (κ3) is 2.08. The minimum absolute atomic E-state index is 0.347. The summed E-state index contributed by atoms with van der Waals surface area (Å²) < 4.78 is 2.32. The summed E-state index contributed by atoms with van der Waals surface area (Å²) in [6, 6.07) is 2.04. The second-order valence-corrected chi connectivity index (χ2v) is 6.97. The Balaban J connectivity index is 1.98. The number of fused-ring (bicyclic) bond motifs is 1. The third-order valence-electron chi connectivity index (χ3n) is 2.61. The molecule has 3 rings (SSSR count). The molecule has 0 amide bonds. The highest BCUT2D eigenvalue weighted by atomic mass is 127. The lowest BCUT2D eigenvalue weighted by Gasteiger charge is -2.05. The SMILES string of the molecule is Nc1nc(NCC2CC2)c2sc(I)cc2n1. The molecule has 0 aromatic carbocycles. The number of thiophene rings is 1. The van der Waals surface area contributed by atoms with Crippen molar-refractivity contribution >= 4 is 55.9 Å². The number of hydrogen-bond donors (Lipinski definition) is 2. The summed E-state index contributed by atoms with van der Waals surface area (Å²) in [4.78, 5) is 8.51. The summed E-state index contributed by atoms with van der Waals surface area (Å²) in [6.07, 6.45) is 2.66. The van der Waals surface area contributed by atoms with Gasteiger partial charge < -0.3 is 11.1 Å². The third-order valence-corrected chi connectivity index (χ3v) is 4.51. The van der Waals surface area contributed by atoms with Crippen molar-refractivity contribution in [2.24, 2.45) is 5.92 Å². The molecular weight excluding hydrogens is 335 g/mol. The summed E-state index contributed by atoms with van der Waals surface area (Å²) >= 11 is 4.00. The highest BCUT2D eigenvalue weighted by Crippen LogP contribution is 2.33. The lowest BCUT2D eigenvalue weighted by molar-refractivity contribution is 0.884. The normalized spacial score (nSPS) is 15.6. The fraction of sp³-hybridized carbons (Fsp3) is 0.400. The van der Waals surface area contributed by atoms with Gasteiger partial charge in [-0.2, -0.15) is 4.98 Å². The number of nitrogens with two attached hydrogens (primary N) is 1. The molecule has 1 fully saturated rings. The molecule has 4 nitrogen and oxygen atoms in total. The van der Waals surface area contributed by atoms with E-state index >= 15 is 0 Å². The molecule has 2 heterocycles. The van der Waals surface area contributed by atoms with Crippen molar-refractivity contribution in [1.82, 2.24) is 9.97 Å². The Morgan fingerprint density at radius 3 is 3.06 bits per heavy atom. The van der Waals surface area contributed by atoms with Crippen LogP contribution in [0.15, 0.2) is 6.07 Å². The molecule has 3 N–H and O–H groups in total. The number of hydrogen-bond acceptors (Lipinski definition) is 5. The van der Waals surface area contributed by atoms with Crippen LogP contribution in [-0.4, -0.2) is 16.5 Å². The molecule has 2 aromatic rings. The smallest absolute Gasteiger partial charge is 0.222 e. The van der Waals surface area contributed by atoms with E-state index in [1.165, 1.54) is 15.7 Å². The van der Waals surface area contributed by atoms with Crippen molar-refractivity contribution in [3.05, 3.63) is 8.95 Å². The molecule has 0 aliphatic heterocycles. The molecule has 0 radical (unpaired) electrons. The maximum atomic E-state index is 5.70. The van der Waals surface area contributed by atoms with Gasteiger partial charge in [0, 0.05) is 6.54 Å². The van der Waals surface area contributed by atoms with Gasteiger partial charge in [-0.25, -0.2) is 4.98 Å². The average molecular weight is 346 g/mol. The predicted molar refractivity (Wildman–Crippen MR) is 75.8 cm³/mol. The summed E-state index contributed by atoms with van der Waals surface area (Å²) in [5.74, 6) is 2.06. The Hall–Kier alpha value is -0.630. The van der Waals surface area contributed by atoms with Crippen LogP contribution in [0.4, 0.5) is 11.8 Å². The Morgan fingerprint density at radius 1 is 1.50 bits per heavy atom. The number of nitrogen functional groups attached to an aromatic ring is 1. The van der Waals surface area contributed by atoms with E-state index in [2.05, 4.69) is 37.9 Å². The first-order valence-electron chi connectivity index (χ1n) is 5.19. The van der Waals surface area contributed by atoms with E-state index in [0.29, 0.717) is 5.95 Å². The van der Waals surface area contributed by atoms with Crippen molar-refractivity contribution in [1.29, 1.82) is 0 Å². The predicted octanol–water partition coefficient (Wildman–Crippen LogP) is 2.70. The fourth-order valence-electron chi connectivity index (χ4n) is 1.60. The lowest BCUT2D eigenvalue weighted by Crippen LogP contribution is -2.07. The fourth-order valence-corrected chi connectivity index (χ4v) is 3.35. The molecule has 2 aromatic heterocycles. The van der Waals surface area contributed by atoms with E-state index < -0.39 is 0 Å². The van der Waals surface area contributed by atoms with E-state index in [-0.39, 0.29) is 0 Å². The maximum Gasteiger partial charge on any atom is 0.222 e. The van der Waals surface area contributed by atoms with Gasteiger partial charge in [0.2, 0.25) is 5.95 Å². The van der Waals surface area contributed by atoms with Crippen LogP contribution in [0, 0.1) is 8.80 Å². The standard InChI is InChI=1S/C10H11IN4S/c11-7-3-6-8(16-7)9(15-10(12)14-6)13-4-5-1-2-5/h3,5H,1-2,4H2,(H3,12,13,14,15). The monoisotopic (exact) mass is 346 g/mol. The Bertz CT molecular complexity index is 535. The van der Waals surface area contributed by atoms with E-state index in [1.54, 1.807) is 11.3 Å². The zero-order valence-corrected chi connectivity index (χ0v) is 11.5. The molecule has 0 spiro atoms. The van der Waals surface area contributed by atoms with Gasteiger partial charge in [-0.05, 0) is 47.4 Å². The van der Waals surface area contributed by atoms with Crippen LogP contribution in [0.2, 0.25) is 0 Å². The molecule has 84 valence electrons. The number of nitrogens with zero attached hydrogens (tertiary/aromatic N) is 2. The molecule has 0 bridgehead atoms. The Kier molecular flexibility index (Phi) is 2.62. The van der Waals surface area contributed by atoms with E-state index in [9.17, 15) is 0 Å². The van der Waals surface area contributed by atoms with Crippen LogP contribution in [-0.2, 0) is 0 Å². The molecule has 6 heteroatoms. The molecule has 0 atom stereocenters. The number of halogens is 1. The number of anilines is 2. The van der Waals surface area contributed by atoms with Gasteiger partial charge in [-0.3, -0.25) is 0 Å². The van der Waals surface area contributed by atoms with Crippen molar-refractivity contribution in [3.63, 3.8) is 0 Å². The van der Waals surface area contributed by atoms with Crippen molar-refractivity contribution in [2.45, 2.75) is 12.8 Å². The maximum absolute atomic E-state index is 5.70. The van der Waals surface area contributed by atoms with Gasteiger partial charge in [-0.15, -0.1) is 11.3 Å². The zero-order valence-electron chi connectivity index (χ0n) is 8.53. The van der Waals surface area contributed by atoms with Gasteiger partial charge in [0.15, 0.2) is 0 Å². The molecule has 1 aliphatic rings. The van der Waals surface area contributed by atoms with Crippen LogP contribution in [0.25, 0.3) is 10.2 Å². The summed E-state index contributed by atoms with van der Waals surface area (Å²) in [6.45, 7) is 1.00. The van der Waals surface area contributed by atoms with Gasteiger partial charge in [-0.1, -0.05) is 0 Å². The second-order valence-electron chi connectivity index (χ2n) is 4.02. The molecule has 1 aliphatic carbocycles. The minimum atomic E-state index is 0.347. The van der Waals surface area contributed by atoms with Gasteiger partial charge in [0.25, 0.3) is 0 Å².